The molecule has 8 atom stereocenters. The number of nitrogens with two attached hydrogens (primary N) is 2. The third-order valence-corrected chi connectivity index (χ3v) is 11.8. The zero-order valence-electron chi connectivity index (χ0n) is 31.2. The number of carboxylic acids is 1. The topological polar surface area (TPSA) is 243 Å². The van der Waals surface area contributed by atoms with Crippen LogP contribution in [0.3, 0.4) is 0 Å². The lowest BCUT2D eigenvalue weighted by molar-refractivity contribution is -0.141. The number of carbonyl (C=O) groups is 4. The molecule has 9 N–H and O–H groups in total. The summed E-state index contributed by atoms with van der Waals surface area (Å²) in [5.74, 6) is -0.347. The Labute approximate surface area is 314 Å². The summed E-state index contributed by atoms with van der Waals surface area (Å²) in [4.78, 5) is 58.6. The maximum Gasteiger partial charge on any atom is 0.415 e. The van der Waals surface area contributed by atoms with E-state index in [2.05, 4.69) is 39.0 Å². The molecule has 2 bridgehead atoms. The van der Waals surface area contributed by atoms with Crippen LogP contribution in [0, 0.1) is 5.92 Å². The maximum absolute atomic E-state index is 14.0. The van der Waals surface area contributed by atoms with Gasteiger partial charge >= 0.3 is 12.1 Å². The fourth-order valence-corrected chi connectivity index (χ4v) is 9.18. The highest BCUT2D eigenvalue weighted by atomic mass is 16.6. The van der Waals surface area contributed by atoms with Crippen LogP contribution in [0.25, 0.3) is 0 Å². The van der Waals surface area contributed by atoms with E-state index in [9.17, 15) is 24.3 Å². The van der Waals surface area contributed by atoms with Gasteiger partial charge < -0.3 is 56.3 Å². The molecule has 17 nitrogen and oxygen atoms in total. The van der Waals surface area contributed by atoms with E-state index in [0.29, 0.717) is 42.9 Å². The van der Waals surface area contributed by atoms with E-state index in [4.69, 9.17) is 30.8 Å². The van der Waals surface area contributed by atoms with Gasteiger partial charge in [-0.15, -0.1) is 0 Å². The Morgan fingerprint density at radius 3 is 2.72 bits per heavy atom. The number of carboxylic acid groups (broad SMARTS) is 1. The number of benzene rings is 1. The number of hydrogen-bond donors (Lipinski definition) is 7. The number of ether oxygens (including phenoxy) is 3. The second-order valence-electron chi connectivity index (χ2n) is 15.1. The summed E-state index contributed by atoms with van der Waals surface area (Å²) in [6.45, 7) is 3.25. The van der Waals surface area contributed by atoms with Gasteiger partial charge in [0.1, 0.15) is 18.4 Å². The van der Waals surface area contributed by atoms with Crippen molar-refractivity contribution in [2.45, 2.75) is 107 Å². The molecule has 2 fully saturated rings. The highest BCUT2D eigenvalue weighted by Gasteiger charge is 2.65. The number of nitrogens with zero attached hydrogens (tertiary/aromatic N) is 3. The van der Waals surface area contributed by atoms with Gasteiger partial charge in [0.25, 0.3) is 0 Å². The van der Waals surface area contributed by atoms with Crippen molar-refractivity contribution in [3.8, 4) is 11.5 Å². The van der Waals surface area contributed by atoms with Gasteiger partial charge in [0.2, 0.25) is 11.8 Å². The van der Waals surface area contributed by atoms with Gasteiger partial charge in [-0.25, -0.2) is 4.79 Å². The zero-order valence-corrected chi connectivity index (χ0v) is 31.2. The number of methoxy groups -OCH3 is 1. The molecule has 5 aliphatic rings. The number of likely N-dealkylation sites (tertiary alicyclic amines) is 2. The fourth-order valence-electron chi connectivity index (χ4n) is 9.18. The summed E-state index contributed by atoms with van der Waals surface area (Å²) in [7, 11) is 3.83. The number of piperidine rings is 2. The predicted octanol–water partition coefficient (Wildman–Crippen LogP) is 0.275. The molecule has 3 unspecified atom stereocenters. The molecular formula is C37H54N8O9. The Kier molecular flexibility index (Phi) is 11.9. The number of likely N-dealkylation sites (N-methyl/N-ethyl adjacent to an activating group) is 1. The van der Waals surface area contributed by atoms with Gasteiger partial charge in [-0.2, -0.15) is 0 Å². The fraction of sp³-hybridized carbons (Fsp3) is 0.649. The van der Waals surface area contributed by atoms with Gasteiger partial charge in [-0.1, -0.05) is 6.07 Å². The summed E-state index contributed by atoms with van der Waals surface area (Å²) in [5, 5.41) is 27.9. The number of nitrogens with one attached hydrogen (secondary N) is 3. The maximum atomic E-state index is 14.0. The van der Waals surface area contributed by atoms with Gasteiger partial charge in [0.15, 0.2) is 23.6 Å². The third-order valence-electron chi connectivity index (χ3n) is 11.8. The molecule has 1 aromatic carbocycles. The first-order valence-corrected chi connectivity index (χ1v) is 18.9. The lowest BCUT2D eigenvalue weighted by Gasteiger charge is -2.56. The minimum Gasteiger partial charge on any atom is -0.493 e. The molecule has 3 aliphatic heterocycles. The molecule has 17 heteroatoms. The molecule has 3 amide bonds. The van der Waals surface area contributed by atoms with Crippen LogP contribution < -0.4 is 36.9 Å². The minimum atomic E-state index is -1.38. The van der Waals surface area contributed by atoms with E-state index in [-0.39, 0.29) is 36.9 Å². The average molecular weight is 755 g/mol. The molecule has 2 saturated heterocycles. The predicted molar refractivity (Wildman–Crippen MR) is 197 cm³/mol. The first-order valence-electron chi connectivity index (χ1n) is 18.9. The molecule has 54 heavy (non-hydrogen) atoms. The van der Waals surface area contributed by atoms with Crippen LogP contribution in [-0.2, 0) is 31.0 Å². The molecule has 0 aromatic heterocycles. The normalized spacial score (nSPS) is 26.9. The molecule has 296 valence electrons. The molecule has 1 spiro atoms. The Hall–Kier alpha value is -4.61. The lowest BCUT2D eigenvalue weighted by Crippen LogP contribution is -2.63. The minimum absolute atomic E-state index is 0.0886. The number of aliphatic hydroxyl groups excluding tert-OH is 1. The Bertz CT molecular complexity index is 1670. The number of guanidine groups is 1. The lowest BCUT2D eigenvalue weighted by atomic mass is 9.53. The second kappa shape index (κ2) is 16.4. The van der Waals surface area contributed by atoms with E-state index >= 15 is 0 Å². The van der Waals surface area contributed by atoms with Crippen molar-refractivity contribution in [2.24, 2.45) is 22.4 Å². The molecule has 3 heterocycles. The van der Waals surface area contributed by atoms with Crippen LogP contribution in [0.4, 0.5) is 4.79 Å². The first kappa shape index (κ1) is 39.1. The van der Waals surface area contributed by atoms with Crippen LogP contribution in [0.1, 0.15) is 69.4 Å². The summed E-state index contributed by atoms with van der Waals surface area (Å²) in [6.07, 6.45) is 4.44. The standard InChI is InChI=1S/C37H54N8O9/c1-20(42-28(46)18-29(47)48)33(49)43-24(8-6-14-40-35(38)39)34(50)41-19-22-7-4-5-15-45(22)36(51)53-27-12-10-23-25-17-21-9-11-26(52-3)31-30(21)37(23,32(27)54-31)13-16-44(25)2/h9,11-12,20,22-25,32-33,43,49H,4-8,10,13-19H2,1-3H3,(H,41,50)(H,42,46)(H,47,48)(H4,38,39,40)/t20-,22+,23?,24?,25+,32-,33?,37-/m0/s1. The highest BCUT2D eigenvalue weighted by molar-refractivity contribution is 5.93. The molecular weight excluding hydrogens is 700 g/mol. The largest absolute Gasteiger partial charge is 0.493 e. The van der Waals surface area contributed by atoms with Crippen molar-refractivity contribution >= 4 is 29.8 Å². The highest BCUT2D eigenvalue weighted by Crippen LogP contribution is 2.63. The van der Waals surface area contributed by atoms with Crippen LogP contribution in [0.15, 0.2) is 29.0 Å². The number of aliphatic imine (C=N–C) groups is 1. The van der Waals surface area contributed by atoms with Gasteiger partial charge in [0.05, 0.1) is 25.2 Å². The van der Waals surface area contributed by atoms with Crippen molar-refractivity contribution < 1.29 is 43.6 Å². The monoisotopic (exact) mass is 754 g/mol. The Balaban J connectivity index is 1.12. The number of aliphatic carboxylic acids is 1. The van der Waals surface area contributed by atoms with Gasteiger partial charge in [-0.3, -0.25) is 24.7 Å². The average Bonchev–Trinajstić information content (AvgIpc) is 3.49. The molecule has 6 rings (SSSR count). The zero-order chi connectivity index (χ0) is 38.7. The molecule has 2 aliphatic carbocycles. The number of hydrogen-bond acceptors (Lipinski definition) is 11. The Morgan fingerprint density at radius 2 is 1.98 bits per heavy atom. The van der Waals surface area contributed by atoms with Crippen molar-refractivity contribution in [3.63, 3.8) is 0 Å². The third kappa shape index (κ3) is 7.79. The molecule has 0 saturated carbocycles. The van der Waals surface area contributed by atoms with Crippen molar-refractivity contribution in [1.29, 1.82) is 0 Å². The van der Waals surface area contributed by atoms with Gasteiger partial charge in [-0.05, 0) is 95.5 Å². The smallest absolute Gasteiger partial charge is 0.415 e. The second-order valence-corrected chi connectivity index (χ2v) is 15.1. The van der Waals surface area contributed by atoms with Crippen molar-refractivity contribution in [1.82, 2.24) is 25.8 Å². The quantitative estimate of drug-likeness (QED) is 0.0419. The Morgan fingerprint density at radius 1 is 1.19 bits per heavy atom. The number of carbonyl (C=O) groups excluding carboxylic acids is 3. The van der Waals surface area contributed by atoms with E-state index in [1.807, 2.05) is 12.1 Å². The van der Waals surface area contributed by atoms with E-state index in [0.717, 1.165) is 44.4 Å². The van der Waals surface area contributed by atoms with E-state index in [1.54, 1.807) is 12.0 Å². The summed E-state index contributed by atoms with van der Waals surface area (Å²) >= 11 is 0. The van der Waals surface area contributed by atoms with Crippen LogP contribution in [-0.4, -0.2) is 127 Å². The van der Waals surface area contributed by atoms with Crippen LogP contribution in [0.5, 0.6) is 11.5 Å². The summed E-state index contributed by atoms with van der Waals surface area (Å²) < 4.78 is 18.8. The number of amides is 3. The van der Waals surface area contributed by atoms with Crippen LogP contribution in [0.2, 0.25) is 0 Å². The number of allylic oxidation sites excluding steroid dienone is 1. The van der Waals surface area contributed by atoms with Crippen LogP contribution >= 0.6 is 0 Å². The summed E-state index contributed by atoms with van der Waals surface area (Å²) in [5.41, 5.74) is 13.0. The summed E-state index contributed by atoms with van der Waals surface area (Å²) in [6, 6.07) is 2.29. The van der Waals surface area contributed by atoms with E-state index < -0.39 is 54.7 Å². The SMILES string of the molecule is COc1ccc2c3c1O[C@H]1C(OC(=O)N4CCCC[C@@H]4CNC(=O)C(CCCN=C(N)N)NC(O)[C@H](C)NC(=O)CC(=O)O)=CCC4[C@@H](C2)N(C)CC[C@@]341. The number of rotatable bonds is 15. The van der Waals surface area contributed by atoms with Gasteiger partial charge in [0, 0.05) is 36.7 Å². The molecule has 1 aromatic rings. The number of aliphatic hydroxyl groups is 1. The van der Waals surface area contributed by atoms with Crippen molar-refractivity contribution in [3.05, 3.63) is 35.1 Å². The first-order chi connectivity index (χ1) is 25.8. The molecule has 0 radical (unpaired) electrons. The van der Waals surface area contributed by atoms with E-state index in [1.165, 1.54) is 18.1 Å². The van der Waals surface area contributed by atoms with Crippen molar-refractivity contribution in [2.75, 3.05) is 40.3 Å².